The largest absolute Gasteiger partial charge is 0.480 e. The molecule has 10 heteroatoms. The lowest BCUT2D eigenvalue weighted by Crippen LogP contribution is -2.52. The highest BCUT2D eigenvalue weighted by Gasteiger charge is 2.36. The van der Waals surface area contributed by atoms with Crippen LogP contribution < -0.4 is 4.74 Å². The summed E-state index contributed by atoms with van der Waals surface area (Å²) in [5.41, 5.74) is 3.77. The monoisotopic (exact) mass is 537 g/mol. The zero-order valence-electron chi connectivity index (χ0n) is 22.3. The molecule has 5 heterocycles. The average Bonchev–Trinajstić information content (AvgIpc) is 3.77. The van der Waals surface area contributed by atoms with Crippen LogP contribution in [0, 0.1) is 5.92 Å². The van der Waals surface area contributed by atoms with Crippen LogP contribution in [-0.4, -0.2) is 87.4 Å². The van der Waals surface area contributed by atoms with E-state index < -0.39 is 0 Å². The molecular weight excluding hydrogens is 506 g/mol. The molecular formula is C30H31N7O3. The van der Waals surface area contributed by atoms with Crippen LogP contribution in [0.3, 0.4) is 0 Å². The van der Waals surface area contributed by atoms with E-state index in [9.17, 15) is 4.79 Å². The predicted molar refractivity (Wildman–Crippen MR) is 151 cm³/mol. The van der Waals surface area contributed by atoms with E-state index in [1.54, 1.807) is 13.3 Å². The highest BCUT2D eigenvalue weighted by molar-refractivity contribution is 6.04. The van der Waals surface area contributed by atoms with Gasteiger partial charge in [-0.1, -0.05) is 36.4 Å². The number of para-hydroxylation sites is 2. The molecule has 204 valence electrons. The first-order valence-corrected chi connectivity index (χ1v) is 13.7. The molecule has 2 aromatic carbocycles. The Balaban J connectivity index is 1.24. The second-order valence-electron chi connectivity index (χ2n) is 10.5. The Morgan fingerprint density at radius 1 is 1.15 bits per heavy atom. The summed E-state index contributed by atoms with van der Waals surface area (Å²) in [6, 6.07) is 17.5. The predicted octanol–water partition coefficient (Wildman–Crippen LogP) is 4.05. The number of H-pyrrole nitrogens is 2. The molecule has 0 aliphatic carbocycles. The summed E-state index contributed by atoms with van der Waals surface area (Å²) in [7, 11) is 1.62. The first kappa shape index (κ1) is 24.7. The Kier molecular flexibility index (Phi) is 6.41. The van der Waals surface area contributed by atoms with Crippen molar-refractivity contribution in [2.45, 2.75) is 12.5 Å². The number of hydrogen-bond donors (Lipinski definition) is 2. The van der Waals surface area contributed by atoms with Gasteiger partial charge in [-0.2, -0.15) is 5.10 Å². The molecule has 0 saturated carbocycles. The lowest BCUT2D eigenvalue weighted by molar-refractivity contribution is 0.0390. The number of piperazine rings is 1. The Morgan fingerprint density at radius 2 is 2.02 bits per heavy atom. The molecule has 2 atom stereocenters. The van der Waals surface area contributed by atoms with Crippen molar-refractivity contribution in [2.24, 2.45) is 5.92 Å². The van der Waals surface area contributed by atoms with E-state index in [1.165, 1.54) is 0 Å². The molecule has 5 aromatic rings. The molecule has 2 fully saturated rings. The van der Waals surface area contributed by atoms with Crippen LogP contribution in [0.1, 0.15) is 28.8 Å². The average molecular weight is 538 g/mol. The third kappa shape index (κ3) is 4.48. The number of carbonyl (C=O) groups is 1. The minimum absolute atomic E-state index is 0.103. The van der Waals surface area contributed by atoms with Crippen molar-refractivity contribution in [3.63, 3.8) is 0 Å². The molecule has 1 amide bonds. The maximum Gasteiger partial charge on any atom is 0.275 e. The summed E-state index contributed by atoms with van der Waals surface area (Å²) in [6.45, 7) is 4.60. The molecule has 3 aromatic heterocycles. The van der Waals surface area contributed by atoms with Gasteiger partial charge in [0.05, 0.1) is 42.2 Å². The summed E-state index contributed by atoms with van der Waals surface area (Å²) in [4.78, 5) is 31.3. The Morgan fingerprint density at radius 3 is 2.90 bits per heavy atom. The van der Waals surface area contributed by atoms with Gasteiger partial charge in [-0.15, -0.1) is 0 Å². The number of ether oxygens (including phenoxy) is 2. The minimum Gasteiger partial charge on any atom is -0.480 e. The highest BCUT2D eigenvalue weighted by atomic mass is 16.5. The molecule has 2 unspecified atom stereocenters. The highest BCUT2D eigenvalue weighted by Crippen LogP contribution is 2.33. The summed E-state index contributed by atoms with van der Waals surface area (Å²) < 4.78 is 11.3. The van der Waals surface area contributed by atoms with E-state index >= 15 is 0 Å². The molecule has 2 aliphatic rings. The topological polar surface area (TPSA) is 112 Å². The number of carbonyl (C=O) groups excluding carboxylic acids is 1. The number of aromatic nitrogens is 5. The normalized spacial score (nSPS) is 20.0. The smallest absolute Gasteiger partial charge is 0.275 e. The minimum atomic E-state index is -0.271. The van der Waals surface area contributed by atoms with Crippen molar-refractivity contribution in [1.82, 2.24) is 34.9 Å². The number of hydrogen-bond acceptors (Lipinski definition) is 7. The number of nitrogens with one attached hydrogen (secondary N) is 2. The van der Waals surface area contributed by atoms with Gasteiger partial charge in [0.25, 0.3) is 5.91 Å². The number of amides is 1. The maximum atomic E-state index is 14.0. The molecule has 0 spiro atoms. The molecule has 10 nitrogen and oxygen atoms in total. The van der Waals surface area contributed by atoms with Crippen molar-refractivity contribution < 1.29 is 14.3 Å². The number of imidazole rings is 1. The fourth-order valence-electron chi connectivity index (χ4n) is 5.93. The van der Waals surface area contributed by atoms with Crippen LogP contribution in [0.2, 0.25) is 0 Å². The van der Waals surface area contributed by atoms with Crippen LogP contribution in [0.15, 0.2) is 60.8 Å². The molecule has 2 aliphatic heterocycles. The van der Waals surface area contributed by atoms with Gasteiger partial charge in [-0.3, -0.25) is 14.8 Å². The molecule has 2 saturated heterocycles. The van der Waals surface area contributed by atoms with Crippen molar-refractivity contribution in [2.75, 3.05) is 46.5 Å². The molecule has 2 N–H and O–H groups in total. The van der Waals surface area contributed by atoms with Gasteiger partial charge in [0.15, 0.2) is 5.69 Å². The number of fused-ring (bicyclic) bond motifs is 2. The second-order valence-corrected chi connectivity index (χ2v) is 10.5. The molecule has 7 rings (SSSR count). The number of methoxy groups -OCH3 is 1. The van der Waals surface area contributed by atoms with Crippen LogP contribution >= 0.6 is 0 Å². The fraction of sp³-hybridized carbons (Fsp3) is 0.333. The zero-order valence-corrected chi connectivity index (χ0v) is 22.3. The quantitative estimate of drug-likeness (QED) is 0.336. The van der Waals surface area contributed by atoms with E-state index in [-0.39, 0.29) is 11.9 Å². The van der Waals surface area contributed by atoms with Crippen LogP contribution in [0.5, 0.6) is 5.88 Å². The van der Waals surface area contributed by atoms with Crippen LogP contribution in [-0.2, 0) is 4.74 Å². The third-order valence-electron chi connectivity index (χ3n) is 8.02. The Labute approximate surface area is 231 Å². The van der Waals surface area contributed by atoms with Gasteiger partial charge >= 0.3 is 0 Å². The van der Waals surface area contributed by atoms with Gasteiger partial charge in [0.1, 0.15) is 11.9 Å². The number of pyridine rings is 1. The van der Waals surface area contributed by atoms with E-state index in [1.807, 2.05) is 53.4 Å². The van der Waals surface area contributed by atoms with Crippen LogP contribution in [0.25, 0.3) is 33.1 Å². The third-order valence-corrected chi connectivity index (χ3v) is 8.02. The summed E-state index contributed by atoms with van der Waals surface area (Å²) >= 11 is 0. The Bertz CT molecular complexity index is 1670. The van der Waals surface area contributed by atoms with Crippen molar-refractivity contribution in [3.05, 3.63) is 72.3 Å². The molecule has 40 heavy (non-hydrogen) atoms. The van der Waals surface area contributed by atoms with E-state index in [0.717, 1.165) is 71.6 Å². The summed E-state index contributed by atoms with van der Waals surface area (Å²) in [5.74, 6) is 1.66. The summed E-state index contributed by atoms with van der Waals surface area (Å²) in [5, 5.41) is 9.25. The zero-order chi connectivity index (χ0) is 27.1. The molecule has 0 radical (unpaired) electrons. The first-order chi connectivity index (χ1) is 19.7. The van der Waals surface area contributed by atoms with E-state index in [2.05, 4.69) is 26.1 Å². The number of aromatic amines is 2. The SMILES string of the molecule is COc1nc2ccccc2cc1-c1cnc(C2CN(CC3CCOC3)CCN2C(=O)c2n[nH]c3ccccc23)[nH]1. The van der Waals surface area contributed by atoms with Gasteiger partial charge in [-0.05, 0) is 30.5 Å². The van der Waals surface area contributed by atoms with Crippen molar-refractivity contribution >= 4 is 27.7 Å². The lowest BCUT2D eigenvalue weighted by Gasteiger charge is -2.41. The van der Waals surface area contributed by atoms with Crippen molar-refractivity contribution in [3.8, 4) is 17.1 Å². The Hall–Kier alpha value is -4.28. The van der Waals surface area contributed by atoms with Gasteiger partial charge < -0.3 is 19.4 Å². The lowest BCUT2D eigenvalue weighted by atomic mass is 10.1. The van der Waals surface area contributed by atoms with E-state index in [4.69, 9.17) is 19.4 Å². The van der Waals surface area contributed by atoms with Crippen molar-refractivity contribution in [1.29, 1.82) is 0 Å². The van der Waals surface area contributed by atoms with Gasteiger partial charge in [0.2, 0.25) is 5.88 Å². The van der Waals surface area contributed by atoms with Crippen LogP contribution in [0.4, 0.5) is 0 Å². The maximum absolute atomic E-state index is 14.0. The summed E-state index contributed by atoms with van der Waals surface area (Å²) in [6.07, 6.45) is 2.88. The fourth-order valence-corrected chi connectivity index (χ4v) is 5.93. The first-order valence-electron chi connectivity index (χ1n) is 13.7. The standard InChI is InChI=1S/C30H31N7O3/c1-39-29-22(14-20-6-2-4-8-23(20)33-29)25-15-31-28(32-25)26-17-36(16-19-10-13-40-18-19)11-12-37(26)30(38)27-21-7-3-5-9-24(21)34-35-27/h2-9,14-15,19,26H,10-13,16-18H2,1H3,(H,31,32)(H,34,35). The van der Waals surface area contributed by atoms with Gasteiger partial charge in [-0.25, -0.2) is 9.97 Å². The second kappa shape index (κ2) is 10.4. The number of benzene rings is 2. The number of rotatable bonds is 6. The molecule has 0 bridgehead atoms. The number of nitrogens with zero attached hydrogens (tertiary/aromatic N) is 5. The van der Waals surface area contributed by atoms with Gasteiger partial charge in [0, 0.05) is 43.6 Å². The van der Waals surface area contributed by atoms with E-state index in [0.29, 0.717) is 30.6 Å².